The number of anilines is 1. The summed E-state index contributed by atoms with van der Waals surface area (Å²) in [5, 5.41) is 0. The van der Waals surface area contributed by atoms with Crippen molar-refractivity contribution in [3.8, 4) is 0 Å². The Morgan fingerprint density at radius 3 is 2.40 bits per heavy atom. The average molecular weight is 356 g/mol. The maximum Gasteiger partial charge on any atom is 0.206 e. The summed E-state index contributed by atoms with van der Waals surface area (Å²) in [7, 11) is 0.839. The minimum absolute atomic E-state index is 0.360. The van der Waals surface area contributed by atoms with Crippen molar-refractivity contribution in [2.75, 3.05) is 32.1 Å². The Morgan fingerprint density at radius 1 is 0.920 bits per heavy atom. The fourth-order valence-corrected chi connectivity index (χ4v) is 5.59. The second kappa shape index (κ2) is 6.15. The number of likely N-dealkylation sites (N-methyl/N-ethyl adjacent to an activating group) is 1. The van der Waals surface area contributed by atoms with E-state index < -0.39 is 9.84 Å². The summed E-state index contributed by atoms with van der Waals surface area (Å²) in [6.45, 7) is 2.15. The summed E-state index contributed by atoms with van der Waals surface area (Å²) in [4.78, 5) is 5.48. The molecule has 2 aliphatic rings. The first-order valence-corrected chi connectivity index (χ1v) is 10.3. The summed E-state index contributed by atoms with van der Waals surface area (Å²) in [5.74, 6) is 0.413. The van der Waals surface area contributed by atoms with Gasteiger partial charge in [0.15, 0.2) is 0 Å². The smallest absolute Gasteiger partial charge is 0.206 e. The zero-order chi connectivity index (χ0) is 17.6. The normalized spacial score (nSPS) is 23.8. The van der Waals surface area contributed by atoms with Crippen LogP contribution < -0.4 is 4.90 Å². The van der Waals surface area contributed by atoms with Crippen LogP contribution in [-0.4, -0.2) is 46.5 Å². The summed E-state index contributed by atoms with van der Waals surface area (Å²) in [5.41, 5.74) is 2.38. The van der Waals surface area contributed by atoms with Crippen molar-refractivity contribution >= 4 is 15.5 Å². The van der Waals surface area contributed by atoms with Crippen molar-refractivity contribution in [2.45, 2.75) is 34.6 Å². The quantitative estimate of drug-likeness (QED) is 0.829. The van der Waals surface area contributed by atoms with Crippen LogP contribution in [0.5, 0.6) is 0 Å². The number of nitrogens with zero attached hydrogens (tertiary/aromatic N) is 2. The Balaban J connectivity index is 1.76. The van der Waals surface area contributed by atoms with Crippen LogP contribution in [0.3, 0.4) is 0 Å². The maximum absolute atomic E-state index is 13.0. The lowest BCUT2D eigenvalue weighted by Crippen LogP contribution is -2.31. The van der Waals surface area contributed by atoms with E-state index in [-0.39, 0.29) is 0 Å². The van der Waals surface area contributed by atoms with Crippen LogP contribution in [0.15, 0.2) is 58.3 Å². The van der Waals surface area contributed by atoms with Crippen LogP contribution >= 0.6 is 0 Å². The van der Waals surface area contributed by atoms with Crippen LogP contribution in [0.1, 0.15) is 24.3 Å². The molecule has 4 rings (SSSR count). The van der Waals surface area contributed by atoms with Gasteiger partial charge in [-0.2, -0.15) is 0 Å². The lowest BCUT2D eigenvalue weighted by molar-refractivity contribution is 0.345. The Kier molecular flexibility index (Phi) is 4.08. The molecule has 0 saturated carbocycles. The molecule has 1 unspecified atom stereocenters. The van der Waals surface area contributed by atoms with E-state index in [1.165, 1.54) is 11.3 Å². The van der Waals surface area contributed by atoms with Crippen LogP contribution in [0.2, 0.25) is 0 Å². The predicted molar refractivity (Wildman–Crippen MR) is 100.0 cm³/mol. The molecule has 5 heteroatoms. The van der Waals surface area contributed by atoms with Crippen molar-refractivity contribution in [1.29, 1.82) is 0 Å². The number of hydrogen-bond donors (Lipinski definition) is 0. The largest absolute Gasteiger partial charge is 0.371 e. The van der Waals surface area contributed by atoms with Crippen LogP contribution in [-0.2, 0) is 9.84 Å². The zero-order valence-electron chi connectivity index (χ0n) is 14.7. The predicted octanol–water partition coefficient (Wildman–Crippen LogP) is 3.15. The molecule has 2 aromatic rings. The maximum atomic E-state index is 13.0. The van der Waals surface area contributed by atoms with Crippen molar-refractivity contribution < 1.29 is 8.42 Å². The molecule has 2 aliphatic heterocycles. The van der Waals surface area contributed by atoms with E-state index in [9.17, 15) is 8.42 Å². The fraction of sp³-hybridized carbons (Fsp3) is 0.400. The molecule has 2 aromatic carbocycles. The van der Waals surface area contributed by atoms with Gasteiger partial charge in [0.05, 0.1) is 9.79 Å². The Bertz CT molecular complexity index is 880. The molecule has 1 saturated heterocycles. The molecule has 4 nitrogen and oxygen atoms in total. The Morgan fingerprint density at radius 2 is 1.64 bits per heavy atom. The molecule has 0 radical (unpaired) electrons. The highest BCUT2D eigenvalue weighted by Gasteiger charge is 2.38. The van der Waals surface area contributed by atoms with Crippen LogP contribution in [0.25, 0.3) is 0 Å². The fourth-order valence-electron chi connectivity index (χ4n) is 4.28. The monoisotopic (exact) mass is 356 g/mol. The molecule has 2 heterocycles. The van der Waals surface area contributed by atoms with Gasteiger partial charge in [-0.15, -0.1) is 0 Å². The van der Waals surface area contributed by atoms with Crippen molar-refractivity contribution in [3.63, 3.8) is 0 Å². The molecular weight excluding hydrogens is 332 g/mol. The van der Waals surface area contributed by atoms with Gasteiger partial charge in [-0.25, -0.2) is 8.42 Å². The van der Waals surface area contributed by atoms with Gasteiger partial charge in [0.1, 0.15) is 0 Å². The third-order valence-electron chi connectivity index (χ3n) is 5.73. The second-order valence-electron chi connectivity index (χ2n) is 7.20. The highest BCUT2D eigenvalue weighted by atomic mass is 32.2. The zero-order valence-corrected chi connectivity index (χ0v) is 15.5. The van der Waals surface area contributed by atoms with Gasteiger partial charge in [0, 0.05) is 24.7 Å². The first kappa shape index (κ1) is 16.6. The average Bonchev–Trinajstić information content (AvgIpc) is 2.76. The molecule has 0 aromatic heterocycles. The van der Waals surface area contributed by atoms with E-state index in [0.717, 1.165) is 25.9 Å². The van der Waals surface area contributed by atoms with E-state index in [2.05, 4.69) is 23.9 Å². The molecule has 0 bridgehead atoms. The molecule has 0 amide bonds. The minimum atomic E-state index is -3.46. The van der Waals surface area contributed by atoms with Gasteiger partial charge in [-0.3, -0.25) is 0 Å². The summed E-state index contributed by atoms with van der Waals surface area (Å²) in [6.07, 6.45) is 2.19. The van der Waals surface area contributed by atoms with Gasteiger partial charge < -0.3 is 9.80 Å². The third-order valence-corrected chi connectivity index (χ3v) is 7.50. The summed E-state index contributed by atoms with van der Waals surface area (Å²) in [6, 6.07) is 14.8. The van der Waals surface area contributed by atoms with Gasteiger partial charge in [0.2, 0.25) is 9.84 Å². The third kappa shape index (κ3) is 2.75. The van der Waals surface area contributed by atoms with E-state index in [0.29, 0.717) is 21.8 Å². The van der Waals surface area contributed by atoms with E-state index in [1.807, 2.05) is 18.2 Å². The Labute approximate surface area is 150 Å². The molecule has 2 atom stereocenters. The van der Waals surface area contributed by atoms with E-state index in [4.69, 9.17) is 0 Å². The SMILES string of the molecule is CN1CCC2[C@H](CC1)c1cc(S(=O)(=O)c3ccccc3)ccc1N2C. The molecule has 0 N–H and O–H groups in total. The number of fused-ring (bicyclic) bond motifs is 3. The van der Waals surface area contributed by atoms with E-state index >= 15 is 0 Å². The lowest BCUT2D eigenvalue weighted by Gasteiger charge is -2.25. The molecular formula is C20H24N2O2S. The second-order valence-corrected chi connectivity index (χ2v) is 9.15. The highest BCUT2D eigenvalue weighted by molar-refractivity contribution is 7.91. The molecule has 1 fully saturated rings. The van der Waals surface area contributed by atoms with Gasteiger partial charge in [-0.05, 0) is 68.9 Å². The first-order chi connectivity index (χ1) is 12.0. The highest BCUT2D eigenvalue weighted by Crippen LogP contribution is 2.45. The first-order valence-electron chi connectivity index (χ1n) is 8.84. The number of benzene rings is 2. The summed E-state index contributed by atoms with van der Waals surface area (Å²) >= 11 is 0. The molecule has 132 valence electrons. The summed E-state index contributed by atoms with van der Waals surface area (Å²) < 4.78 is 25.9. The van der Waals surface area contributed by atoms with Crippen molar-refractivity contribution in [2.24, 2.45) is 0 Å². The number of likely N-dealkylation sites (tertiary alicyclic amines) is 1. The molecule has 25 heavy (non-hydrogen) atoms. The van der Waals surface area contributed by atoms with E-state index in [1.54, 1.807) is 30.3 Å². The van der Waals surface area contributed by atoms with Gasteiger partial charge in [-0.1, -0.05) is 18.2 Å². The number of sulfone groups is 1. The Hall–Kier alpha value is -1.85. The van der Waals surface area contributed by atoms with Gasteiger partial charge in [0.25, 0.3) is 0 Å². The molecule has 0 spiro atoms. The lowest BCUT2D eigenvalue weighted by atomic mass is 9.91. The molecule has 0 aliphatic carbocycles. The number of rotatable bonds is 2. The topological polar surface area (TPSA) is 40.6 Å². The standard InChI is InChI=1S/C20H24N2O2S/c1-21-12-10-17-18-14-16(25(23,24)15-6-4-3-5-7-15)8-9-19(18)22(2)20(17)11-13-21/h3-9,14,17,20H,10-13H2,1-2H3/t17-,20?/m1/s1. The van der Waals surface area contributed by atoms with Crippen LogP contribution in [0, 0.1) is 0 Å². The minimum Gasteiger partial charge on any atom is -0.371 e. The van der Waals surface area contributed by atoms with Crippen molar-refractivity contribution in [3.05, 3.63) is 54.1 Å². The number of hydrogen-bond acceptors (Lipinski definition) is 4. The van der Waals surface area contributed by atoms with Crippen LogP contribution in [0.4, 0.5) is 5.69 Å². The van der Waals surface area contributed by atoms with Crippen molar-refractivity contribution in [1.82, 2.24) is 4.90 Å². The van der Waals surface area contributed by atoms with Gasteiger partial charge >= 0.3 is 0 Å².